The predicted molar refractivity (Wildman–Crippen MR) is 123 cm³/mol. The number of anilines is 1. The average molecular weight is 440 g/mol. The van der Waals surface area contributed by atoms with Crippen molar-refractivity contribution in [2.45, 2.75) is 12.5 Å². The van der Waals surface area contributed by atoms with Crippen molar-refractivity contribution in [1.29, 1.82) is 0 Å². The molecule has 2 aromatic carbocycles. The van der Waals surface area contributed by atoms with Gasteiger partial charge in [0.2, 0.25) is 5.91 Å². The van der Waals surface area contributed by atoms with Crippen LogP contribution in [0, 0.1) is 0 Å². The van der Waals surface area contributed by atoms with Gasteiger partial charge in [-0.2, -0.15) is 4.98 Å². The number of carbonyl (C=O) groups is 2. The number of fused-ring (bicyclic) bond motifs is 2. The van der Waals surface area contributed by atoms with Crippen molar-refractivity contribution in [3.8, 4) is 11.1 Å². The molecule has 0 bridgehead atoms. The molecule has 0 aliphatic rings. The van der Waals surface area contributed by atoms with Crippen molar-refractivity contribution in [2.75, 3.05) is 5.73 Å². The van der Waals surface area contributed by atoms with Gasteiger partial charge in [-0.05, 0) is 41.0 Å². The normalized spacial score (nSPS) is 12.1. The maximum Gasteiger partial charge on any atom is 0.292 e. The van der Waals surface area contributed by atoms with E-state index in [1.165, 1.54) is 6.20 Å². The van der Waals surface area contributed by atoms with Gasteiger partial charge < -0.3 is 21.2 Å². The molecule has 0 saturated heterocycles. The number of aromatic nitrogens is 3. The lowest BCUT2D eigenvalue weighted by Gasteiger charge is -2.15. The van der Waals surface area contributed by atoms with Gasteiger partial charge in [0.25, 0.3) is 11.9 Å². The molecule has 3 heterocycles. The number of nitrogens with two attached hydrogens (primary N) is 2. The van der Waals surface area contributed by atoms with Crippen LogP contribution in [0.25, 0.3) is 27.9 Å². The Morgan fingerprint density at radius 1 is 1.06 bits per heavy atom. The number of benzene rings is 2. The molecule has 5 N–H and O–H groups in total. The molecule has 5 aromatic rings. The van der Waals surface area contributed by atoms with Crippen LogP contribution >= 0.6 is 0 Å². The van der Waals surface area contributed by atoms with E-state index < -0.39 is 17.9 Å². The Morgan fingerprint density at radius 3 is 2.64 bits per heavy atom. The van der Waals surface area contributed by atoms with Gasteiger partial charge in [0, 0.05) is 12.6 Å². The largest absolute Gasteiger partial charge is 0.424 e. The minimum absolute atomic E-state index is 0.102. The predicted octanol–water partition coefficient (Wildman–Crippen LogP) is 2.55. The fraction of sp³-hybridized carbons (Fsp3) is 0.0833. The van der Waals surface area contributed by atoms with Gasteiger partial charge in [-0.15, -0.1) is 0 Å². The minimum atomic E-state index is -0.853. The van der Waals surface area contributed by atoms with Gasteiger partial charge in [0.05, 0.1) is 6.20 Å². The van der Waals surface area contributed by atoms with Crippen molar-refractivity contribution in [3.63, 3.8) is 0 Å². The number of amides is 2. The number of hydrogen-bond acceptors (Lipinski definition) is 6. The van der Waals surface area contributed by atoms with Gasteiger partial charge >= 0.3 is 0 Å². The molecule has 2 amide bonds. The van der Waals surface area contributed by atoms with Crippen LogP contribution in [0.2, 0.25) is 0 Å². The van der Waals surface area contributed by atoms with E-state index in [0.29, 0.717) is 23.2 Å². The molecule has 0 aliphatic carbocycles. The molecule has 9 heteroatoms. The van der Waals surface area contributed by atoms with Crippen LogP contribution in [0.15, 0.2) is 77.5 Å². The number of primary amides is 1. The molecular weight excluding hydrogens is 420 g/mol. The Labute approximate surface area is 188 Å². The third-order valence-electron chi connectivity index (χ3n) is 5.41. The number of rotatable bonds is 6. The van der Waals surface area contributed by atoms with Crippen LogP contribution in [0.1, 0.15) is 16.1 Å². The van der Waals surface area contributed by atoms with Crippen LogP contribution in [-0.2, 0) is 11.2 Å². The van der Waals surface area contributed by atoms with E-state index in [-0.39, 0.29) is 11.7 Å². The van der Waals surface area contributed by atoms with Crippen LogP contribution < -0.4 is 16.8 Å². The van der Waals surface area contributed by atoms with E-state index in [4.69, 9.17) is 15.9 Å². The molecule has 1 atom stereocenters. The zero-order valence-corrected chi connectivity index (χ0v) is 17.4. The van der Waals surface area contributed by atoms with Crippen molar-refractivity contribution in [3.05, 3.63) is 84.3 Å². The second kappa shape index (κ2) is 8.12. The molecule has 164 valence electrons. The maximum atomic E-state index is 13.0. The van der Waals surface area contributed by atoms with Gasteiger partial charge in [0.15, 0.2) is 5.58 Å². The Morgan fingerprint density at radius 2 is 1.85 bits per heavy atom. The molecular formula is C24H20N6O3. The molecule has 5 rings (SSSR count). The maximum absolute atomic E-state index is 13.0. The van der Waals surface area contributed by atoms with Gasteiger partial charge in [0.1, 0.15) is 22.9 Å². The summed E-state index contributed by atoms with van der Waals surface area (Å²) in [7, 11) is 0. The Balaban J connectivity index is 1.45. The van der Waals surface area contributed by atoms with Gasteiger partial charge in [-0.25, -0.2) is 4.98 Å². The molecule has 0 fully saturated rings. The Kier molecular flexibility index (Phi) is 4.98. The molecule has 9 nitrogen and oxygen atoms in total. The molecule has 3 aromatic heterocycles. The van der Waals surface area contributed by atoms with E-state index >= 15 is 0 Å². The number of imidazole rings is 1. The summed E-state index contributed by atoms with van der Waals surface area (Å²) in [5.41, 5.74) is 15.9. The number of pyridine rings is 1. The summed E-state index contributed by atoms with van der Waals surface area (Å²) in [6.07, 6.45) is 3.57. The van der Waals surface area contributed by atoms with Gasteiger partial charge in [-0.1, -0.05) is 36.4 Å². The highest BCUT2D eigenvalue weighted by atomic mass is 16.4. The summed E-state index contributed by atoms with van der Waals surface area (Å²) in [5.74, 6) is -1.05. The summed E-state index contributed by atoms with van der Waals surface area (Å²) in [6.45, 7) is 0. The summed E-state index contributed by atoms with van der Waals surface area (Å²) in [5, 5.41) is 2.74. The van der Waals surface area contributed by atoms with Crippen LogP contribution in [-0.4, -0.2) is 32.2 Å². The van der Waals surface area contributed by atoms with E-state index in [1.807, 2.05) is 54.6 Å². The summed E-state index contributed by atoms with van der Waals surface area (Å²) in [4.78, 5) is 33.5. The molecule has 0 spiro atoms. The first kappa shape index (κ1) is 20.3. The SMILES string of the molecule is NC(=O)[C@H](Cc1ccccc1)NC(=O)c1cnc2ccc(-c3ccc4oc(N)nc4c3)cn12. The first-order chi connectivity index (χ1) is 16.0. The molecule has 0 radical (unpaired) electrons. The van der Waals surface area contributed by atoms with E-state index in [9.17, 15) is 9.59 Å². The highest BCUT2D eigenvalue weighted by Gasteiger charge is 2.21. The molecule has 0 saturated carbocycles. The van der Waals surface area contributed by atoms with Crippen LogP contribution in [0.4, 0.5) is 6.01 Å². The molecule has 33 heavy (non-hydrogen) atoms. The minimum Gasteiger partial charge on any atom is -0.424 e. The van der Waals surface area contributed by atoms with E-state index in [0.717, 1.165) is 16.7 Å². The monoisotopic (exact) mass is 440 g/mol. The third-order valence-corrected chi connectivity index (χ3v) is 5.41. The highest BCUT2D eigenvalue weighted by Crippen LogP contribution is 2.26. The quantitative estimate of drug-likeness (QED) is 0.370. The van der Waals surface area contributed by atoms with Crippen molar-refractivity contribution in [2.24, 2.45) is 5.73 Å². The summed E-state index contributed by atoms with van der Waals surface area (Å²) < 4.78 is 7.00. The van der Waals surface area contributed by atoms with Crippen molar-refractivity contribution in [1.82, 2.24) is 19.7 Å². The Hall–Kier alpha value is -4.66. The van der Waals surface area contributed by atoms with E-state index in [1.54, 1.807) is 16.7 Å². The zero-order valence-electron chi connectivity index (χ0n) is 17.4. The summed E-state index contributed by atoms with van der Waals surface area (Å²) in [6, 6.07) is 17.9. The number of hydrogen-bond donors (Lipinski definition) is 3. The van der Waals surface area contributed by atoms with E-state index in [2.05, 4.69) is 15.3 Å². The highest BCUT2D eigenvalue weighted by molar-refractivity contribution is 5.96. The average Bonchev–Trinajstić information content (AvgIpc) is 3.40. The lowest BCUT2D eigenvalue weighted by Crippen LogP contribution is -2.46. The fourth-order valence-electron chi connectivity index (χ4n) is 3.75. The number of nitrogens with one attached hydrogen (secondary N) is 1. The van der Waals surface area contributed by atoms with Crippen molar-refractivity contribution < 1.29 is 14.0 Å². The first-order valence-corrected chi connectivity index (χ1v) is 10.3. The standard InChI is InChI=1S/C24H20N6O3/c25-22(31)18(10-14-4-2-1-3-5-14)28-23(32)19-12-27-21-9-7-16(13-30(19)21)15-6-8-20-17(11-15)29-24(26)33-20/h1-9,11-13,18H,10H2,(H2,25,31)(H2,26,29)(H,28,32)/t18-/m0/s1. The Bertz CT molecular complexity index is 1490. The number of nitrogen functional groups attached to an aromatic ring is 1. The number of nitrogens with zero attached hydrogens (tertiary/aromatic N) is 3. The lowest BCUT2D eigenvalue weighted by molar-refractivity contribution is -0.119. The zero-order chi connectivity index (χ0) is 22.9. The summed E-state index contributed by atoms with van der Waals surface area (Å²) >= 11 is 0. The molecule has 0 unspecified atom stereocenters. The molecule has 0 aliphatic heterocycles. The fourth-order valence-corrected chi connectivity index (χ4v) is 3.75. The second-order valence-electron chi connectivity index (χ2n) is 7.64. The first-order valence-electron chi connectivity index (χ1n) is 10.3. The number of oxazole rings is 1. The van der Waals surface area contributed by atoms with Gasteiger partial charge in [-0.3, -0.25) is 14.0 Å². The van der Waals surface area contributed by atoms with Crippen LogP contribution in [0.5, 0.6) is 0 Å². The topological polar surface area (TPSA) is 142 Å². The lowest BCUT2D eigenvalue weighted by atomic mass is 10.1. The smallest absolute Gasteiger partial charge is 0.292 e. The van der Waals surface area contributed by atoms with Crippen molar-refractivity contribution >= 4 is 34.6 Å². The number of carbonyl (C=O) groups excluding carboxylic acids is 2. The van der Waals surface area contributed by atoms with Crippen LogP contribution in [0.3, 0.4) is 0 Å². The second-order valence-corrected chi connectivity index (χ2v) is 7.64. The third kappa shape index (κ3) is 3.99.